The van der Waals surface area contributed by atoms with Gasteiger partial charge in [0.1, 0.15) is 5.54 Å². The van der Waals surface area contributed by atoms with E-state index in [-0.39, 0.29) is 5.91 Å². The van der Waals surface area contributed by atoms with E-state index in [0.717, 1.165) is 36.4 Å². The van der Waals surface area contributed by atoms with Crippen LogP contribution in [0.25, 0.3) is 0 Å². The molecule has 0 bridgehead atoms. The molecular weight excluding hydrogens is 400 g/mol. The van der Waals surface area contributed by atoms with Crippen molar-refractivity contribution in [1.82, 2.24) is 4.90 Å². The SMILES string of the molecule is CONc1ccc(CN2C(=O)C(CCC3CCCCC3)(CC3CCCCC3)N=C2N)cc1. The standard InChI is InChI=1S/C26H40N4O2/c1-32-29-23-14-12-22(13-15-23)19-30-24(31)26(28-25(30)27,18-21-10-6-3-7-11-21)17-16-20-8-4-2-5-9-20/h12-15,20-21,29H,2-11,16-19H2,1H3,(H2,27,28). The molecule has 2 saturated carbocycles. The fourth-order valence-corrected chi connectivity index (χ4v) is 6.00. The highest BCUT2D eigenvalue weighted by Gasteiger charge is 2.48. The summed E-state index contributed by atoms with van der Waals surface area (Å²) in [7, 11) is 1.59. The number of benzene rings is 1. The maximum absolute atomic E-state index is 13.9. The van der Waals surface area contributed by atoms with Crippen LogP contribution in [0.3, 0.4) is 0 Å². The minimum Gasteiger partial charge on any atom is -0.369 e. The highest BCUT2D eigenvalue weighted by Crippen LogP contribution is 2.41. The Bertz CT molecular complexity index is 782. The Morgan fingerprint density at radius 1 is 1.03 bits per heavy atom. The molecule has 1 atom stereocenters. The van der Waals surface area contributed by atoms with Gasteiger partial charge in [-0.1, -0.05) is 76.3 Å². The molecule has 1 heterocycles. The Morgan fingerprint density at radius 2 is 1.66 bits per heavy atom. The summed E-state index contributed by atoms with van der Waals surface area (Å²) in [6.07, 6.45) is 15.8. The number of guanidine groups is 1. The average molecular weight is 441 g/mol. The van der Waals surface area contributed by atoms with Crippen molar-refractivity contribution in [1.29, 1.82) is 0 Å². The summed E-state index contributed by atoms with van der Waals surface area (Å²) in [5.41, 5.74) is 10.5. The fraction of sp³-hybridized carbons (Fsp3) is 0.692. The van der Waals surface area contributed by atoms with Gasteiger partial charge in [-0.25, -0.2) is 4.99 Å². The van der Waals surface area contributed by atoms with Crippen molar-refractivity contribution in [2.75, 3.05) is 12.6 Å². The molecule has 0 radical (unpaired) electrons. The zero-order chi connectivity index (χ0) is 22.4. The van der Waals surface area contributed by atoms with Crippen molar-refractivity contribution in [2.45, 2.75) is 95.6 Å². The molecule has 6 nitrogen and oxygen atoms in total. The number of carbonyl (C=O) groups is 1. The Balaban J connectivity index is 1.48. The van der Waals surface area contributed by atoms with Crippen molar-refractivity contribution in [3.8, 4) is 0 Å². The number of amides is 1. The summed E-state index contributed by atoms with van der Waals surface area (Å²) in [6.45, 7) is 0.470. The molecular formula is C26H40N4O2. The van der Waals surface area contributed by atoms with Gasteiger partial charge in [0, 0.05) is 0 Å². The lowest BCUT2D eigenvalue weighted by Crippen LogP contribution is -2.45. The quantitative estimate of drug-likeness (QED) is 0.505. The average Bonchev–Trinajstić information content (AvgIpc) is 3.05. The smallest absolute Gasteiger partial charge is 0.257 e. The molecule has 3 N–H and O–H groups in total. The third-order valence-electron chi connectivity index (χ3n) is 7.80. The van der Waals surface area contributed by atoms with Crippen molar-refractivity contribution in [3.63, 3.8) is 0 Å². The van der Waals surface area contributed by atoms with Gasteiger partial charge in [0.25, 0.3) is 5.91 Å². The van der Waals surface area contributed by atoms with Gasteiger partial charge in [-0.05, 0) is 48.8 Å². The predicted molar refractivity (Wildman–Crippen MR) is 129 cm³/mol. The number of hydrogen-bond acceptors (Lipinski definition) is 5. The number of hydrogen-bond donors (Lipinski definition) is 2. The normalized spacial score (nSPS) is 25.2. The first kappa shape index (κ1) is 23.1. The zero-order valence-corrected chi connectivity index (χ0v) is 19.7. The Labute approximate surface area is 192 Å². The van der Waals surface area contributed by atoms with Crippen LogP contribution in [-0.2, 0) is 16.2 Å². The largest absolute Gasteiger partial charge is 0.369 e. The van der Waals surface area contributed by atoms with Gasteiger partial charge in [-0.2, -0.15) is 0 Å². The molecule has 0 aromatic heterocycles. The molecule has 2 aliphatic carbocycles. The third kappa shape index (κ3) is 5.45. The third-order valence-corrected chi connectivity index (χ3v) is 7.80. The van der Waals surface area contributed by atoms with Gasteiger partial charge >= 0.3 is 0 Å². The van der Waals surface area contributed by atoms with Crippen LogP contribution in [-0.4, -0.2) is 29.4 Å². The predicted octanol–water partition coefficient (Wildman–Crippen LogP) is 5.39. The monoisotopic (exact) mass is 440 g/mol. The number of carbonyl (C=O) groups excluding carboxylic acids is 1. The molecule has 1 aromatic rings. The van der Waals surface area contributed by atoms with Crippen LogP contribution in [0, 0.1) is 11.8 Å². The second-order valence-corrected chi connectivity index (χ2v) is 10.1. The highest BCUT2D eigenvalue weighted by molar-refractivity contribution is 6.06. The molecule has 6 heteroatoms. The summed E-state index contributed by atoms with van der Waals surface area (Å²) >= 11 is 0. The van der Waals surface area contributed by atoms with Gasteiger partial charge in [0.15, 0.2) is 5.96 Å². The summed E-state index contributed by atoms with van der Waals surface area (Å²) in [5, 5.41) is 0. The molecule has 0 saturated heterocycles. The fourth-order valence-electron chi connectivity index (χ4n) is 6.00. The minimum absolute atomic E-state index is 0.121. The lowest BCUT2D eigenvalue weighted by molar-refractivity contribution is -0.132. The second-order valence-electron chi connectivity index (χ2n) is 10.1. The van der Waals surface area contributed by atoms with E-state index in [4.69, 9.17) is 15.6 Å². The molecule has 1 amide bonds. The van der Waals surface area contributed by atoms with E-state index in [1.807, 2.05) is 24.3 Å². The maximum atomic E-state index is 13.9. The van der Waals surface area contributed by atoms with Crippen molar-refractivity contribution < 1.29 is 9.63 Å². The van der Waals surface area contributed by atoms with Crippen LogP contribution < -0.4 is 11.2 Å². The Hall–Kier alpha value is -2.08. The van der Waals surface area contributed by atoms with Crippen LogP contribution >= 0.6 is 0 Å². The van der Waals surface area contributed by atoms with Gasteiger partial charge in [0.2, 0.25) is 0 Å². The number of nitrogens with two attached hydrogens (primary N) is 1. The number of anilines is 1. The van der Waals surface area contributed by atoms with E-state index < -0.39 is 5.54 Å². The van der Waals surface area contributed by atoms with E-state index in [2.05, 4.69) is 5.48 Å². The molecule has 32 heavy (non-hydrogen) atoms. The second kappa shape index (κ2) is 10.7. The van der Waals surface area contributed by atoms with E-state index in [1.165, 1.54) is 64.2 Å². The number of aliphatic imine (C=N–C) groups is 1. The van der Waals surface area contributed by atoms with Crippen molar-refractivity contribution >= 4 is 17.6 Å². The van der Waals surface area contributed by atoms with E-state index >= 15 is 0 Å². The number of nitrogens with zero attached hydrogens (tertiary/aromatic N) is 2. The topological polar surface area (TPSA) is 80.0 Å². The summed E-state index contributed by atoms with van der Waals surface area (Å²) < 4.78 is 0. The lowest BCUT2D eigenvalue weighted by Gasteiger charge is -2.33. The Morgan fingerprint density at radius 3 is 2.28 bits per heavy atom. The minimum atomic E-state index is -0.652. The van der Waals surface area contributed by atoms with Gasteiger partial charge in [0.05, 0.1) is 19.3 Å². The van der Waals surface area contributed by atoms with E-state index in [1.54, 1.807) is 12.0 Å². The molecule has 0 spiro atoms. The zero-order valence-electron chi connectivity index (χ0n) is 19.7. The first-order valence-corrected chi connectivity index (χ1v) is 12.6. The van der Waals surface area contributed by atoms with Gasteiger partial charge in [-0.15, -0.1) is 0 Å². The maximum Gasteiger partial charge on any atom is 0.257 e. The van der Waals surface area contributed by atoms with Crippen LogP contribution in [0.4, 0.5) is 5.69 Å². The van der Waals surface area contributed by atoms with E-state index in [0.29, 0.717) is 18.4 Å². The lowest BCUT2D eigenvalue weighted by atomic mass is 9.75. The van der Waals surface area contributed by atoms with Gasteiger partial charge < -0.3 is 5.73 Å². The number of nitrogens with one attached hydrogen (secondary N) is 1. The highest BCUT2D eigenvalue weighted by atomic mass is 16.6. The van der Waals surface area contributed by atoms with Crippen molar-refractivity contribution in [3.05, 3.63) is 29.8 Å². The van der Waals surface area contributed by atoms with Gasteiger partial charge in [-0.3, -0.25) is 20.0 Å². The molecule has 4 rings (SSSR count). The molecule has 1 unspecified atom stereocenters. The first-order chi connectivity index (χ1) is 15.6. The molecule has 1 aliphatic heterocycles. The summed E-state index contributed by atoms with van der Waals surface area (Å²) in [4.78, 5) is 25.5. The van der Waals surface area contributed by atoms with Crippen LogP contribution in [0.15, 0.2) is 29.3 Å². The molecule has 2 fully saturated rings. The summed E-state index contributed by atoms with van der Waals surface area (Å²) in [6, 6.07) is 7.91. The van der Waals surface area contributed by atoms with Crippen LogP contribution in [0.2, 0.25) is 0 Å². The molecule has 176 valence electrons. The molecule has 1 aromatic carbocycles. The van der Waals surface area contributed by atoms with Crippen LogP contribution in [0.1, 0.15) is 89.0 Å². The van der Waals surface area contributed by atoms with Crippen LogP contribution in [0.5, 0.6) is 0 Å². The number of rotatable bonds is 9. The Kier molecular flexibility index (Phi) is 7.71. The van der Waals surface area contributed by atoms with E-state index in [9.17, 15) is 4.79 Å². The van der Waals surface area contributed by atoms with Crippen molar-refractivity contribution in [2.24, 2.45) is 22.6 Å². The molecule has 3 aliphatic rings. The first-order valence-electron chi connectivity index (χ1n) is 12.6. The summed E-state index contributed by atoms with van der Waals surface area (Å²) in [5.74, 6) is 1.85.